The summed E-state index contributed by atoms with van der Waals surface area (Å²) in [6.07, 6.45) is 3.35. The van der Waals surface area contributed by atoms with Crippen LogP contribution < -0.4 is 0 Å². The predicted molar refractivity (Wildman–Crippen MR) is 50.4 cm³/mol. The molecule has 0 bridgehead atoms. The molecule has 0 fully saturated rings. The van der Waals surface area contributed by atoms with E-state index in [9.17, 15) is 4.79 Å². The fraction of sp³-hybridized carbons (Fsp3) is 0.571. The molecule has 12 heavy (non-hydrogen) atoms. The molecule has 0 aromatic carbocycles. The minimum absolute atomic E-state index is 0.236. The highest BCUT2D eigenvalue weighted by atomic mass is 35.6. The molecule has 0 atom stereocenters. The van der Waals surface area contributed by atoms with E-state index in [-0.39, 0.29) is 6.42 Å². The first kappa shape index (κ1) is 12.1. The summed E-state index contributed by atoms with van der Waals surface area (Å²) in [4.78, 5) is 10.8. The number of rotatable bonds is 4. The van der Waals surface area contributed by atoms with Crippen LogP contribution >= 0.6 is 34.8 Å². The first-order valence-corrected chi connectivity index (χ1v) is 4.48. The minimum atomic E-state index is -1.94. The Morgan fingerprint density at radius 3 is 2.50 bits per heavy atom. The van der Waals surface area contributed by atoms with Gasteiger partial charge >= 0.3 is 9.95 Å². The van der Waals surface area contributed by atoms with Crippen LogP contribution in [0.5, 0.6) is 0 Å². The quantitative estimate of drug-likeness (QED) is 0.321. The second kappa shape index (κ2) is 5.68. The molecule has 0 saturated carbocycles. The summed E-state index contributed by atoms with van der Waals surface area (Å²) in [5, 5.41) is 0. The third kappa shape index (κ3) is 8.18. The zero-order chi connectivity index (χ0) is 9.61. The molecule has 0 N–H and O–H groups in total. The molecule has 5 heteroatoms. The fourth-order valence-corrected chi connectivity index (χ4v) is 0.829. The Morgan fingerprint density at radius 1 is 1.50 bits per heavy atom. The average molecular weight is 232 g/mol. The maximum absolute atomic E-state index is 10.8. The molecule has 0 aromatic rings. The van der Waals surface area contributed by atoms with Crippen LogP contribution in [-0.4, -0.2) is 9.95 Å². The number of carbonyl (C=O) groups excluding carboxylic acids is 1. The van der Waals surface area contributed by atoms with Gasteiger partial charge in [-0.2, -0.15) is 0 Å². The Bertz CT molecular complexity index is 163. The van der Waals surface area contributed by atoms with Crippen LogP contribution in [0.3, 0.4) is 0 Å². The number of halogens is 3. The van der Waals surface area contributed by atoms with E-state index in [0.29, 0.717) is 6.42 Å². The van der Waals surface area contributed by atoms with Crippen molar-refractivity contribution in [3.05, 3.63) is 12.7 Å². The van der Waals surface area contributed by atoms with E-state index >= 15 is 0 Å². The lowest BCUT2D eigenvalue weighted by Crippen LogP contribution is -2.15. The van der Waals surface area contributed by atoms with Gasteiger partial charge < -0.3 is 4.74 Å². The minimum Gasteiger partial charge on any atom is -0.415 e. The fourth-order valence-electron chi connectivity index (χ4n) is 0.571. The summed E-state index contributed by atoms with van der Waals surface area (Å²) < 4.78 is 2.47. The van der Waals surface area contributed by atoms with E-state index in [1.54, 1.807) is 6.08 Å². The molecular weight excluding hydrogens is 222 g/mol. The SMILES string of the molecule is C=CCCCC(=O)OC(Cl)(Cl)Cl. The van der Waals surface area contributed by atoms with E-state index < -0.39 is 9.95 Å². The van der Waals surface area contributed by atoms with Gasteiger partial charge in [0.1, 0.15) is 0 Å². The highest BCUT2D eigenvalue weighted by Gasteiger charge is 2.24. The predicted octanol–water partition coefficient (Wildman–Crippen LogP) is 3.21. The van der Waals surface area contributed by atoms with Gasteiger partial charge in [0.15, 0.2) is 0 Å². The molecule has 0 amide bonds. The van der Waals surface area contributed by atoms with Crippen LogP contribution in [-0.2, 0) is 9.53 Å². The number of unbranched alkanes of at least 4 members (excludes halogenated alkanes) is 1. The molecule has 0 rings (SSSR count). The van der Waals surface area contributed by atoms with E-state index in [1.165, 1.54) is 0 Å². The van der Waals surface area contributed by atoms with Crippen molar-refractivity contribution in [1.29, 1.82) is 0 Å². The van der Waals surface area contributed by atoms with E-state index in [4.69, 9.17) is 34.8 Å². The van der Waals surface area contributed by atoms with Gasteiger partial charge in [0.2, 0.25) is 0 Å². The molecular formula is C7H9Cl3O2. The van der Waals surface area contributed by atoms with Gasteiger partial charge in [0.25, 0.3) is 0 Å². The van der Waals surface area contributed by atoms with Crippen molar-refractivity contribution in [1.82, 2.24) is 0 Å². The molecule has 2 nitrogen and oxygen atoms in total. The number of carbonyl (C=O) groups is 1. The van der Waals surface area contributed by atoms with Crippen molar-refractivity contribution in [2.24, 2.45) is 0 Å². The molecule has 0 aliphatic rings. The summed E-state index contributed by atoms with van der Waals surface area (Å²) >= 11 is 15.6. The van der Waals surface area contributed by atoms with Gasteiger partial charge in [-0.05, 0) is 47.6 Å². The first-order chi connectivity index (χ1) is 5.45. The second-order valence-electron chi connectivity index (χ2n) is 2.10. The van der Waals surface area contributed by atoms with Crippen LogP contribution in [0.2, 0.25) is 0 Å². The van der Waals surface area contributed by atoms with Crippen molar-refractivity contribution >= 4 is 40.8 Å². The topological polar surface area (TPSA) is 26.3 Å². The Balaban J connectivity index is 3.53. The molecule has 0 unspecified atom stereocenters. The molecule has 70 valence electrons. The molecule has 0 heterocycles. The molecule has 0 aliphatic carbocycles. The van der Waals surface area contributed by atoms with Gasteiger partial charge in [-0.3, -0.25) is 4.79 Å². The van der Waals surface area contributed by atoms with Crippen LogP contribution in [0.1, 0.15) is 19.3 Å². The lowest BCUT2D eigenvalue weighted by Gasteiger charge is -2.11. The number of allylic oxidation sites excluding steroid dienone is 1. The third-order valence-electron chi connectivity index (χ3n) is 1.02. The van der Waals surface area contributed by atoms with Gasteiger partial charge in [-0.1, -0.05) is 6.08 Å². The summed E-state index contributed by atoms with van der Waals surface area (Å²) in [5.74, 6) is -0.517. The summed E-state index contributed by atoms with van der Waals surface area (Å²) in [7, 11) is 0. The smallest absolute Gasteiger partial charge is 0.340 e. The van der Waals surface area contributed by atoms with Crippen molar-refractivity contribution in [3.8, 4) is 0 Å². The molecule has 0 radical (unpaired) electrons. The highest BCUT2D eigenvalue weighted by Crippen LogP contribution is 2.27. The number of ether oxygens (including phenoxy) is 1. The number of esters is 1. The van der Waals surface area contributed by atoms with Crippen LogP contribution in [0.15, 0.2) is 12.7 Å². The van der Waals surface area contributed by atoms with Crippen molar-refractivity contribution in [2.75, 3.05) is 0 Å². The normalized spacial score (nSPS) is 10.9. The number of alkyl halides is 3. The van der Waals surface area contributed by atoms with Crippen LogP contribution in [0.4, 0.5) is 0 Å². The maximum atomic E-state index is 10.8. The zero-order valence-electron chi connectivity index (χ0n) is 6.36. The highest BCUT2D eigenvalue weighted by molar-refractivity contribution is 6.66. The largest absolute Gasteiger partial charge is 0.415 e. The zero-order valence-corrected chi connectivity index (χ0v) is 8.62. The third-order valence-corrected chi connectivity index (χ3v) is 1.25. The summed E-state index contributed by atoms with van der Waals surface area (Å²) in [5.41, 5.74) is 0. The van der Waals surface area contributed by atoms with Crippen LogP contribution in [0, 0.1) is 0 Å². The average Bonchev–Trinajstić information content (AvgIpc) is 1.84. The Labute approximate surface area is 86.4 Å². The molecule has 0 spiro atoms. The molecule has 0 aromatic heterocycles. The number of hydrogen-bond acceptors (Lipinski definition) is 2. The Kier molecular flexibility index (Phi) is 5.72. The Hall–Kier alpha value is 0.0800. The molecule has 0 aliphatic heterocycles. The van der Waals surface area contributed by atoms with E-state index in [0.717, 1.165) is 6.42 Å². The first-order valence-electron chi connectivity index (χ1n) is 3.35. The second-order valence-corrected chi connectivity index (χ2v) is 4.28. The lowest BCUT2D eigenvalue weighted by atomic mass is 10.2. The van der Waals surface area contributed by atoms with Gasteiger partial charge in [0, 0.05) is 6.42 Å². The van der Waals surface area contributed by atoms with E-state index in [1.807, 2.05) is 0 Å². The maximum Gasteiger partial charge on any atom is 0.340 e. The van der Waals surface area contributed by atoms with E-state index in [2.05, 4.69) is 11.3 Å². The van der Waals surface area contributed by atoms with Gasteiger partial charge in [0.05, 0.1) is 0 Å². The lowest BCUT2D eigenvalue weighted by molar-refractivity contribution is -0.144. The van der Waals surface area contributed by atoms with Gasteiger partial charge in [-0.15, -0.1) is 6.58 Å². The standard InChI is InChI=1S/C7H9Cl3O2/c1-2-3-4-5-6(11)12-7(8,9)10/h2H,1,3-5H2. The summed E-state index contributed by atoms with van der Waals surface area (Å²) in [6, 6.07) is 0. The van der Waals surface area contributed by atoms with Crippen molar-refractivity contribution in [2.45, 2.75) is 23.2 Å². The number of hydrogen-bond donors (Lipinski definition) is 0. The van der Waals surface area contributed by atoms with Crippen molar-refractivity contribution < 1.29 is 9.53 Å². The summed E-state index contributed by atoms with van der Waals surface area (Å²) in [6.45, 7) is 3.50. The molecule has 0 saturated heterocycles. The van der Waals surface area contributed by atoms with Crippen molar-refractivity contribution in [3.63, 3.8) is 0 Å². The van der Waals surface area contributed by atoms with Gasteiger partial charge in [-0.25, -0.2) is 0 Å². The van der Waals surface area contributed by atoms with Crippen LogP contribution in [0.25, 0.3) is 0 Å². The monoisotopic (exact) mass is 230 g/mol. The Morgan fingerprint density at radius 2 is 2.08 bits per heavy atom.